The molecule has 0 atom stereocenters. The van der Waals surface area contributed by atoms with Crippen molar-refractivity contribution in [3.8, 4) is 11.6 Å². The number of ether oxygens (including phenoxy) is 1. The molecule has 0 amide bonds. The number of hydrogen-bond acceptors (Lipinski definition) is 4. The molecule has 0 aliphatic carbocycles. The van der Waals surface area contributed by atoms with Gasteiger partial charge in [0.2, 0.25) is 5.88 Å². The maximum atomic E-state index is 11.2. The Morgan fingerprint density at radius 2 is 2.10 bits per heavy atom. The summed E-state index contributed by atoms with van der Waals surface area (Å²) in [6.07, 6.45) is 1.42. The minimum Gasteiger partial charge on any atom is -0.478 e. The molecule has 2 aromatic heterocycles. The van der Waals surface area contributed by atoms with Gasteiger partial charge in [-0.25, -0.2) is 9.78 Å². The van der Waals surface area contributed by atoms with E-state index < -0.39 is 5.97 Å². The molecular formula is C14H11N3O3. The van der Waals surface area contributed by atoms with Gasteiger partial charge < -0.3 is 9.84 Å². The lowest BCUT2D eigenvalue weighted by Gasteiger charge is -2.10. The van der Waals surface area contributed by atoms with Crippen molar-refractivity contribution in [1.82, 2.24) is 14.6 Å². The first-order valence-electron chi connectivity index (χ1n) is 5.96. The average Bonchev–Trinajstić information content (AvgIpc) is 2.87. The van der Waals surface area contributed by atoms with Crippen LogP contribution in [0.15, 0.2) is 42.7 Å². The van der Waals surface area contributed by atoms with Crippen LogP contribution in [0.2, 0.25) is 0 Å². The molecule has 3 rings (SSSR count). The van der Waals surface area contributed by atoms with Gasteiger partial charge in [-0.1, -0.05) is 12.1 Å². The second-order valence-corrected chi connectivity index (χ2v) is 4.30. The number of carbonyl (C=O) groups is 1. The van der Waals surface area contributed by atoms with E-state index in [1.807, 2.05) is 13.0 Å². The van der Waals surface area contributed by atoms with Gasteiger partial charge in [-0.2, -0.15) is 9.61 Å². The molecule has 100 valence electrons. The van der Waals surface area contributed by atoms with Crippen molar-refractivity contribution in [2.45, 2.75) is 6.92 Å². The van der Waals surface area contributed by atoms with Crippen LogP contribution in [0, 0.1) is 6.92 Å². The molecule has 1 N–H and O–H groups in total. The van der Waals surface area contributed by atoms with Gasteiger partial charge in [0.25, 0.3) is 0 Å². The van der Waals surface area contributed by atoms with E-state index in [9.17, 15) is 4.79 Å². The molecule has 20 heavy (non-hydrogen) atoms. The lowest BCUT2D eigenvalue weighted by Crippen LogP contribution is -2.02. The van der Waals surface area contributed by atoms with Crippen molar-refractivity contribution in [1.29, 1.82) is 0 Å². The van der Waals surface area contributed by atoms with E-state index >= 15 is 0 Å². The van der Waals surface area contributed by atoms with Crippen molar-refractivity contribution < 1.29 is 14.6 Å². The fourth-order valence-corrected chi connectivity index (χ4v) is 1.94. The molecular weight excluding hydrogens is 258 g/mol. The standard InChI is InChI=1S/C14H11N3O3/c1-9-6-12-15-8-16-17(12)13(7-9)20-11-5-3-2-4-10(11)14(18)19/h2-8H,1H3,(H,18,19). The predicted octanol–water partition coefficient (Wildman–Crippen LogP) is 2.53. The van der Waals surface area contributed by atoms with Crippen LogP contribution >= 0.6 is 0 Å². The molecule has 0 aliphatic heterocycles. The molecule has 0 bridgehead atoms. The topological polar surface area (TPSA) is 76.7 Å². The van der Waals surface area contributed by atoms with E-state index in [4.69, 9.17) is 9.84 Å². The second-order valence-electron chi connectivity index (χ2n) is 4.30. The third kappa shape index (κ3) is 2.07. The molecule has 1 aromatic carbocycles. The van der Waals surface area contributed by atoms with Gasteiger partial charge in [-0.3, -0.25) is 0 Å². The van der Waals surface area contributed by atoms with Gasteiger partial charge in [0.1, 0.15) is 17.6 Å². The highest BCUT2D eigenvalue weighted by Gasteiger charge is 2.13. The average molecular weight is 269 g/mol. The summed E-state index contributed by atoms with van der Waals surface area (Å²) < 4.78 is 7.22. The minimum absolute atomic E-state index is 0.0993. The van der Waals surface area contributed by atoms with Crippen LogP contribution in [0.5, 0.6) is 11.6 Å². The summed E-state index contributed by atoms with van der Waals surface area (Å²) in [6.45, 7) is 1.91. The number of aryl methyl sites for hydroxylation is 1. The van der Waals surface area contributed by atoms with Crippen LogP contribution < -0.4 is 4.74 Å². The Balaban J connectivity index is 2.10. The summed E-state index contributed by atoms with van der Waals surface area (Å²) in [7, 11) is 0. The van der Waals surface area contributed by atoms with Gasteiger partial charge in [0.15, 0.2) is 5.65 Å². The summed E-state index contributed by atoms with van der Waals surface area (Å²) >= 11 is 0. The molecule has 0 spiro atoms. The zero-order chi connectivity index (χ0) is 14.1. The molecule has 0 unspecified atom stereocenters. The van der Waals surface area contributed by atoms with Crippen LogP contribution in [-0.2, 0) is 0 Å². The SMILES string of the molecule is Cc1cc(Oc2ccccc2C(=O)O)n2ncnc2c1. The van der Waals surface area contributed by atoms with Gasteiger partial charge in [0.05, 0.1) is 0 Å². The molecule has 6 nitrogen and oxygen atoms in total. The lowest BCUT2D eigenvalue weighted by atomic mass is 10.2. The molecule has 6 heteroatoms. The highest BCUT2D eigenvalue weighted by molar-refractivity contribution is 5.90. The molecule has 0 aliphatic rings. The molecule has 2 heterocycles. The minimum atomic E-state index is -1.04. The Kier molecular flexibility index (Phi) is 2.83. The highest BCUT2D eigenvalue weighted by Crippen LogP contribution is 2.26. The summed E-state index contributed by atoms with van der Waals surface area (Å²) in [5, 5.41) is 13.2. The summed E-state index contributed by atoms with van der Waals surface area (Å²) in [4.78, 5) is 15.3. The Labute approximate surface area is 114 Å². The summed E-state index contributed by atoms with van der Waals surface area (Å²) in [5.74, 6) is -0.350. The van der Waals surface area contributed by atoms with Gasteiger partial charge in [0, 0.05) is 6.07 Å². The molecule has 0 radical (unpaired) electrons. The van der Waals surface area contributed by atoms with E-state index in [0.29, 0.717) is 11.5 Å². The third-order valence-electron chi connectivity index (χ3n) is 2.82. The number of fused-ring (bicyclic) bond motifs is 1. The first-order chi connectivity index (χ1) is 9.65. The Bertz CT molecular complexity index is 795. The number of aromatic carboxylic acids is 1. The van der Waals surface area contributed by atoms with Crippen LogP contribution in [0.25, 0.3) is 5.65 Å². The Hall–Kier alpha value is -2.89. The van der Waals surface area contributed by atoms with Crippen molar-refractivity contribution in [2.24, 2.45) is 0 Å². The quantitative estimate of drug-likeness (QED) is 0.790. The third-order valence-corrected chi connectivity index (χ3v) is 2.82. The van der Waals surface area contributed by atoms with Crippen molar-refractivity contribution in [3.63, 3.8) is 0 Å². The molecule has 0 fully saturated rings. The predicted molar refractivity (Wildman–Crippen MR) is 71.2 cm³/mol. The summed E-state index contributed by atoms with van der Waals surface area (Å²) in [6, 6.07) is 10.1. The fourth-order valence-electron chi connectivity index (χ4n) is 1.94. The number of carboxylic acid groups (broad SMARTS) is 1. The fraction of sp³-hybridized carbons (Fsp3) is 0.0714. The molecule has 3 aromatic rings. The number of carboxylic acids is 1. The zero-order valence-electron chi connectivity index (χ0n) is 10.6. The van der Waals surface area contributed by atoms with Crippen LogP contribution in [0.1, 0.15) is 15.9 Å². The van der Waals surface area contributed by atoms with E-state index in [2.05, 4.69) is 10.1 Å². The largest absolute Gasteiger partial charge is 0.478 e. The van der Waals surface area contributed by atoms with Crippen molar-refractivity contribution in [2.75, 3.05) is 0 Å². The van der Waals surface area contributed by atoms with Crippen LogP contribution in [0.3, 0.4) is 0 Å². The lowest BCUT2D eigenvalue weighted by molar-refractivity contribution is 0.0694. The summed E-state index contributed by atoms with van der Waals surface area (Å²) in [5.41, 5.74) is 1.70. The number of aromatic nitrogens is 3. The normalized spacial score (nSPS) is 10.7. The van der Waals surface area contributed by atoms with Crippen LogP contribution in [-0.4, -0.2) is 25.7 Å². The highest BCUT2D eigenvalue weighted by atomic mass is 16.5. The maximum Gasteiger partial charge on any atom is 0.339 e. The molecule has 0 saturated carbocycles. The number of hydrogen-bond donors (Lipinski definition) is 1. The number of para-hydroxylation sites is 1. The maximum absolute atomic E-state index is 11.2. The van der Waals surface area contributed by atoms with Gasteiger partial charge in [-0.05, 0) is 30.7 Å². The monoisotopic (exact) mass is 269 g/mol. The van der Waals surface area contributed by atoms with Gasteiger partial charge >= 0.3 is 5.97 Å². The molecule has 0 saturated heterocycles. The van der Waals surface area contributed by atoms with Crippen LogP contribution in [0.4, 0.5) is 0 Å². The number of nitrogens with zero attached hydrogens (tertiary/aromatic N) is 3. The number of pyridine rings is 1. The first kappa shape index (κ1) is 12.2. The van der Waals surface area contributed by atoms with Gasteiger partial charge in [-0.15, -0.1) is 0 Å². The Morgan fingerprint density at radius 1 is 1.30 bits per heavy atom. The second kappa shape index (κ2) is 4.65. The first-order valence-corrected chi connectivity index (χ1v) is 5.96. The van der Waals surface area contributed by atoms with E-state index in [1.165, 1.54) is 16.9 Å². The number of rotatable bonds is 3. The van der Waals surface area contributed by atoms with E-state index in [1.54, 1.807) is 24.3 Å². The zero-order valence-corrected chi connectivity index (χ0v) is 10.6. The smallest absolute Gasteiger partial charge is 0.339 e. The van der Waals surface area contributed by atoms with Crippen molar-refractivity contribution >= 4 is 11.6 Å². The van der Waals surface area contributed by atoms with E-state index in [0.717, 1.165) is 5.56 Å². The van der Waals surface area contributed by atoms with E-state index in [-0.39, 0.29) is 11.3 Å². The van der Waals surface area contributed by atoms with Crippen molar-refractivity contribution in [3.05, 3.63) is 53.9 Å². The number of benzene rings is 1. The Morgan fingerprint density at radius 3 is 2.90 bits per heavy atom.